The Labute approximate surface area is 146 Å². The van der Waals surface area contributed by atoms with Crippen LogP contribution in [0.25, 0.3) is 0 Å². The monoisotopic (exact) mass is 361 g/mol. The Kier molecular flexibility index (Phi) is 4.78. The third-order valence-electron chi connectivity index (χ3n) is 4.47. The number of carbonyl (C=O) groups is 1. The maximum absolute atomic E-state index is 12.9. The first-order chi connectivity index (χ1) is 11.9. The first-order valence-electron chi connectivity index (χ1n) is 7.90. The number of rotatable bonds is 5. The van der Waals surface area contributed by atoms with Crippen LogP contribution in [0.3, 0.4) is 0 Å². The topological polar surface area (TPSA) is 83.9 Å². The molecule has 1 N–H and O–H groups in total. The number of sulfonamides is 1. The van der Waals surface area contributed by atoms with E-state index in [4.69, 9.17) is 4.74 Å². The highest BCUT2D eigenvalue weighted by Gasteiger charge is 2.35. The Hall–Kier alpha value is -2.38. The second-order valence-electron chi connectivity index (χ2n) is 5.89. The molecule has 1 aliphatic rings. The molecule has 25 heavy (non-hydrogen) atoms. The van der Waals surface area contributed by atoms with Crippen LogP contribution in [0, 0.1) is 0 Å². The molecule has 1 saturated heterocycles. The molecule has 0 radical (unpaired) electrons. The number of para-hydroxylation sites is 1. The van der Waals surface area contributed by atoms with Crippen molar-refractivity contribution in [3.63, 3.8) is 0 Å². The lowest BCUT2D eigenvalue weighted by atomic mass is 9.93. The third-order valence-corrected chi connectivity index (χ3v) is 6.37. The van der Waals surface area contributed by atoms with E-state index in [1.54, 1.807) is 42.5 Å². The number of ether oxygens (including phenoxy) is 1. The van der Waals surface area contributed by atoms with Crippen LogP contribution in [0.4, 0.5) is 0 Å². The van der Waals surface area contributed by atoms with Crippen molar-refractivity contribution < 1.29 is 23.1 Å². The van der Waals surface area contributed by atoms with Gasteiger partial charge in [-0.1, -0.05) is 30.3 Å². The lowest BCUT2D eigenvalue weighted by Gasteiger charge is -2.19. The van der Waals surface area contributed by atoms with E-state index in [1.807, 2.05) is 0 Å². The molecule has 0 spiro atoms. The highest BCUT2D eigenvalue weighted by atomic mass is 32.2. The van der Waals surface area contributed by atoms with Crippen molar-refractivity contribution in [2.24, 2.45) is 0 Å². The first kappa shape index (κ1) is 17.4. The Balaban J connectivity index is 1.89. The predicted octanol–water partition coefficient (Wildman–Crippen LogP) is 2.57. The molecule has 1 atom stereocenters. The standard InChI is InChI=1S/C18H19NO5S/c1-24-16-8-4-5-9-17(16)25(22,23)19-11-10-13(12-19)14-6-2-3-7-15(14)18(20)21/h2-9,13H,10-12H2,1H3,(H,20,21)/t13-/m0/s1. The average molecular weight is 361 g/mol. The summed E-state index contributed by atoms with van der Waals surface area (Å²) in [5.74, 6) is -0.838. The second-order valence-corrected chi connectivity index (χ2v) is 7.80. The molecule has 0 aliphatic carbocycles. The van der Waals surface area contributed by atoms with E-state index in [0.717, 1.165) is 0 Å². The molecule has 3 rings (SSSR count). The molecule has 1 heterocycles. The molecule has 1 aliphatic heterocycles. The van der Waals surface area contributed by atoms with Gasteiger partial charge in [0.05, 0.1) is 12.7 Å². The molecular formula is C18H19NO5S. The van der Waals surface area contributed by atoms with E-state index < -0.39 is 16.0 Å². The van der Waals surface area contributed by atoms with E-state index in [9.17, 15) is 18.3 Å². The molecule has 0 aromatic heterocycles. The van der Waals surface area contributed by atoms with Crippen LogP contribution in [0.15, 0.2) is 53.4 Å². The minimum absolute atomic E-state index is 0.129. The molecule has 2 aromatic rings. The van der Waals surface area contributed by atoms with Gasteiger partial charge >= 0.3 is 5.97 Å². The molecule has 0 saturated carbocycles. The van der Waals surface area contributed by atoms with Crippen LogP contribution < -0.4 is 4.74 Å². The molecule has 0 amide bonds. The van der Waals surface area contributed by atoms with E-state index in [0.29, 0.717) is 24.3 Å². The zero-order chi connectivity index (χ0) is 18.0. The molecule has 0 unspecified atom stereocenters. The van der Waals surface area contributed by atoms with Crippen molar-refractivity contribution in [1.82, 2.24) is 4.31 Å². The van der Waals surface area contributed by atoms with Crippen LogP contribution in [0.5, 0.6) is 5.75 Å². The highest BCUT2D eigenvalue weighted by Crippen LogP contribution is 2.35. The Morgan fingerprint density at radius 1 is 1.16 bits per heavy atom. The van der Waals surface area contributed by atoms with Gasteiger partial charge in [0.15, 0.2) is 0 Å². The fourth-order valence-electron chi connectivity index (χ4n) is 3.22. The van der Waals surface area contributed by atoms with E-state index in [1.165, 1.54) is 17.5 Å². The molecule has 2 aromatic carbocycles. The minimum Gasteiger partial charge on any atom is -0.495 e. The van der Waals surface area contributed by atoms with Gasteiger partial charge in [-0.15, -0.1) is 0 Å². The summed E-state index contributed by atoms with van der Waals surface area (Å²) in [5.41, 5.74) is 0.900. The summed E-state index contributed by atoms with van der Waals surface area (Å²) in [4.78, 5) is 11.5. The number of methoxy groups -OCH3 is 1. The Morgan fingerprint density at radius 2 is 1.84 bits per heavy atom. The van der Waals surface area contributed by atoms with Gasteiger partial charge in [-0.05, 0) is 36.1 Å². The maximum atomic E-state index is 12.9. The predicted molar refractivity (Wildman–Crippen MR) is 92.5 cm³/mol. The number of hydrogen-bond donors (Lipinski definition) is 1. The van der Waals surface area contributed by atoms with E-state index in [2.05, 4.69) is 0 Å². The maximum Gasteiger partial charge on any atom is 0.335 e. The average Bonchev–Trinajstić information content (AvgIpc) is 3.12. The Bertz CT molecular complexity index is 894. The second kappa shape index (κ2) is 6.85. The highest BCUT2D eigenvalue weighted by molar-refractivity contribution is 7.89. The fourth-order valence-corrected chi connectivity index (χ4v) is 4.88. The third kappa shape index (κ3) is 3.25. The van der Waals surface area contributed by atoms with Gasteiger partial charge in [-0.25, -0.2) is 13.2 Å². The van der Waals surface area contributed by atoms with Gasteiger partial charge in [0.25, 0.3) is 0 Å². The number of carboxylic acids is 1. The molecule has 6 nitrogen and oxygen atoms in total. The van der Waals surface area contributed by atoms with Crippen molar-refractivity contribution >= 4 is 16.0 Å². The number of aromatic carboxylic acids is 1. The van der Waals surface area contributed by atoms with E-state index in [-0.39, 0.29) is 22.9 Å². The summed E-state index contributed by atoms with van der Waals surface area (Å²) in [5, 5.41) is 9.35. The summed E-state index contributed by atoms with van der Waals surface area (Å²) in [6.07, 6.45) is 0.582. The Morgan fingerprint density at radius 3 is 2.56 bits per heavy atom. The molecule has 0 bridgehead atoms. The number of nitrogens with zero attached hydrogens (tertiary/aromatic N) is 1. The van der Waals surface area contributed by atoms with Crippen LogP contribution in [-0.2, 0) is 10.0 Å². The SMILES string of the molecule is COc1ccccc1S(=O)(=O)N1CC[C@H](c2ccccc2C(=O)O)C1. The van der Waals surface area contributed by atoms with Crippen LogP contribution in [-0.4, -0.2) is 44.0 Å². The molecular weight excluding hydrogens is 342 g/mol. The minimum atomic E-state index is -3.69. The van der Waals surface area contributed by atoms with E-state index >= 15 is 0 Å². The molecule has 7 heteroatoms. The first-order valence-corrected chi connectivity index (χ1v) is 9.34. The van der Waals surface area contributed by atoms with Crippen LogP contribution in [0.2, 0.25) is 0 Å². The van der Waals surface area contributed by atoms with Gasteiger partial charge in [0.2, 0.25) is 10.0 Å². The number of carboxylic acid groups (broad SMARTS) is 1. The number of hydrogen-bond acceptors (Lipinski definition) is 4. The van der Waals surface area contributed by atoms with Crippen molar-refractivity contribution in [3.8, 4) is 5.75 Å². The van der Waals surface area contributed by atoms with Gasteiger partial charge in [0, 0.05) is 13.1 Å². The summed E-state index contributed by atoms with van der Waals surface area (Å²) < 4.78 is 32.4. The quantitative estimate of drug-likeness (QED) is 0.885. The summed E-state index contributed by atoms with van der Waals surface area (Å²) in [7, 11) is -2.26. The van der Waals surface area contributed by atoms with Crippen molar-refractivity contribution in [2.75, 3.05) is 20.2 Å². The summed E-state index contributed by atoms with van der Waals surface area (Å²) in [6.45, 7) is 0.601. The summed E-state index contributed by atoms with van der Waals surface area (Å²) >= 11 is 0. The summed E-state index contributed by atoms with van der Waals surface area (Å²) in [6, 6.07) is 13.3. The van der Waals surface area contributed by atoms with Gasteiger partial charge in [0.1, 0.15) is 10.6 Å². The molecule has 132 valence electrons. The number of benzene rings is 2. The largest absolute Gasteiger partial charge is 0.495 e. The van der Waals surface area contributed by atoms with Crippen molar-refractivity contribution in [3.05, 3.63) is 59.7 Å². The van der Waals surface area contributed by atoms with Crippen molar-refractivity contribution in [2.45, 2.75) is 17.2 Å². The van der Waals surface area contributed by atoms with Crippen molar-refractivity contribution in [1.29, 1.82) is 0 Å². The van der Waals surface area contributed by atoms with Crippen LogP contribution >= 0.6 is 0 Å². The lowest BCUT2D eigenvalue weighted by Crippen LogP contribution is -2.29. The normalized spacial score (nSPS) is 18.2. The van der Waals surface area contributed by atoms with Gasteiger partial charge < -0.3 is 9.84 Å². The fraction of sp³-hybridized carbons (Fsp3) is 0.278. The van der Waals surface area contributed by atoms with Gasteiger partial charge in [-0.3, -0.25) is 0 Å². The zero-order valence-corrected chi connectivity index (χ0v) is 14.6. The van der Waals surface area contributed by atoms with Gasteiger partial charge in [-0.2, -0.15) is 4.31 Å². The molecule has 1 fully saturated rings. The smallest absolute Gasteiger partial charge is 0.335 e. The lowest BCUT2D eigenvalue weighted by molar-refractivity contribution is 0.0695. The zero-order valence-electron chi connectivity index (χ0n) is 13.8. The van der Waals surface area contributed by atoms with Crippen LogP contribution in [0.1, 0.15) is 28.3 Å².